The maximum Gasteiger partial charge on any atom is 0.193 e. The van der Waals surface area contributed by atoms with Gasteiger partial charge >= 0.3 is 0 Å². The summed E-state index contributed by atoms with van der Waals surface area (Å²) in [4.78, 5) is 6.99. The maximum atomic E-state index is 5.20. The van der Waals surface area contributed by atoms with Gasteiger partial charge in [0.2, 0.25) is 0 Å². The number of nitrogens with one attached hydrogen (secondary N) is 1. The van der Waals surface area contributed by atoms with Crippen LogP contribution in [-0.4, -0.2) is 44.7 Å². The normalized spacial score (nSPS) is 23.9. The van der Waals surface area contributed by atoms with Crippen molar-refractivity contribution in [2.24, 2.45) is 16.8 Å². The van der Waals surface area contributed by atoms with Crippen LogP contribution in [0.1, 0.15) is 37.7 Å². The molecule has 1 aliphatic heterocycles. The molecule has 1 aromatic rings. The summed E-state index contributed by atoms with van der Waals surface area (Å²) in [5.74, 6) is 3.82. The Bertz CT molecular complexity index is 526. The number of likely N-dealkylation sites (tertiary alicyclic amines) is 1. The van der Waals surface area contributed by atoms with E-state index in [1.807, 2.05) is 19.2 Å². The second-order valence-corrected chi connectivity index (χ2v) is 7.14. The van der Waals surface area contributed by atoms with Gasteiger partial charge in [0.25, 0.3) is 0 Å². The zero-order valence-electron chi connectivity index (χ0n) is 15.1. The van der Waals surface area contributed by atoms with Gasteiger partial charge in [-0.3, -0.25) is 4.99 Å². The van der Waals surface area contributed by atoms with Crippen LogP contribution >= 0.6 is 0 Å². The van der Waals surface area contributed by atoms with Crippen LogP contribution in [0.15, 0.2) is 29.3 Å². The number of hydrogen-bond acceptors (Lipinski definition) is 2. The van der Waals surface area contributed by atoms with Crippen LogP contribution in [0.25, 0.3) is 0 Å². The third-order valence-corrected chi connectivity index (χ3v) is 5.57. The third kappa shape index (κ3) is 4.22. The van der Waals surface area contributed by atoms with E-state index in [-0.39, 0.29) is 0 Å². The van der Waals surface area contributed by atoms with Crippen molar-refractivity contribution in [2.75, 3.05) is 33.8 Å². The maximum absolute atomic E-state index is 5.20. The number of rotatable bonds is 5. The number of fused-ring (bicyclic) bond motifs is 1. The molecule has 1 N–H and O–H groups in total. The van der Waals surface area contributed by atoms with E-state index in [0.29, 0.717) is 0 Å². The molecule has 0 amide bonds. The number of aliphatic imine (C=N–C) groups is 1. The van der Waals surface area contributed by atoms with E-state index >= 15 is 0 Å². The van der Waals surface area contributed by atoms with Gasteiger partial charge < -0.3 is 15.0 Å². The van der Waals surface area contributed by atoms with Crippen molar-refractivity contribution in [3.05, 3.63) is 29.8 Å². The van der Waals surface area contributed by atoms with E-state index in [0.717, 1.165) is 42.9 Å². The van der Waals surface area contributed by atoms with Gasteiger partial charge in [0.1, 0.15) is 5.75 Å². The Labute approximate surface area is 146 Å². The van der Waals surface area contributed by atoms with Gasteiger partial charge in [-0.2, -0.15) is 0 Å². The fourth-order valence-electron chi connectivity index (χ4n) is 4.20. The van der Waals surface area contributed by atoms with E-state index in [9.17, 15) is 0 Å². The topological polar surface area (TPSA) is 36.9 Å². The fourth-order valence-corrected chi connectivity index (χ4v) is 4.20. The van der Waals surface area contributed by atoms with Gasteiger partial charge in [0.05, 0.1) is 7.11 Å². The molecule has 1 saturated carbocycles. The average Bonchev–Trinajstić information content (AvgIpc) is 3.06. The molecule has 0 radical (unpaired) electrons. The quantitative estimate of drug-likeness (QED) is 0.511. The first-order valence-corrected chi connectivity index (χ1v) is 9.38. The molecule has 1 aliphatic carbocycles. The van der Waals surface area contributed by atoms with Crippen molar-refractivity contribution in [3.8, 4) is 5.75 Å². The number of ether oxygens (including phenoxy) is 1. The molecule has 2 aliphatic rings. The summed E-state index contributed by atoms with van der Waals surface area (Å²) >= 11 is 0. The largest absolute Gasteiger partial charge is 0.497 e. The van der Waals surface area contributed by atoms with Crippen LogP contribution in [0.5, 0.6) is 5.75 Å². The monoisotopic (exact) mass is 329 g/mol. The SMILES string of the molecule is CN=C(NCCCc1ccc(OC)cc1)N1CC2CCCCC2C1. The van der Waals surface area contributed by atoms with E-state index in [1.54, 1.807) is 7.11 Å². The molecule has 1 heterocycles. The summed E-state index contributed by atoms with van der Waals surface area (Å²) < 4.78 is 5.20. The van der Waals surface area contributed by atoms with Crippen molar-refractivity contribution in [2.45, 2.75) is 38.5 Å². The van der Waals surface area contributed by atoms with Gasteiger partial charge in [-0.25, -0.2) is 0 Å². The predicted octanol–water partition coefficient (Wildman–Crippen LogP) is 3.33. The smallest absolute Gasteiger partial charge is 0.193 e. The Morgan fingerprint density at radius 2 is 1.83 bits per heavy atom. The molecule has 1 aromatic carbocycles. The van der Waals surface area contributed by atoms with Gasteiger partial charge in [0.15, 0.2) is 5.96 Å². The minimum absolute atomic E-state index is 0.900. The minimum Gasteiger partial charge on any atom is -0.497 e. The highest BCUT2D eigenvalue weighted by Gasteiger charge is 2.35. The number of nitrogens with zero attached hydrogens (tertiary/aromatic N) is 2. The van der Waals surface area contributed by atoms with Crippen molar-refractivity contribution in [3.63, 3.8) is 0 Å². The number of aryl methyl sites for hydroxylation is 1. The summed E-state index contributed by atoms with van der Waals surface area (Å²) in [6, 6.07) is 8.37. The summed E-state index contributed by atoms with van der Waals surface area (Å²) in [5.41, 5.74) is 1.36. The van der Waals surface area contributed by atoms with E-state index in [2.05, 4.69) is 27.3 Å². The van der Waals surface area contributed by atoms with Gasteiger partial charge in [-0.05, 0) is 55.2 Å². The molecule has 4 nitrogen and oxygen atoms in total. The Morgan fingerprint density at radius 1 is 1.17 bits per heavy atom. The first-order chi connectivity index (χ1) is 11.8. The van der Waals surface area contributed by atoms with Crippen LogP contribution in [0, 0.1) is 11.8 Å². The number of hydrogen-bond donors (Lipinski definition) is 1. The Hall–Kier alpha value is -1.71. The van der Waals surface area contributed by atoms with Gasteiger partial charge in [-0.1, -0.05) is 25.0 Å². The molecule has 2 atom stereocenters. The zero-order valence-corrected chi connectivity index (χ0v) is 15.1. The minimum atomic E-state index is 0.900. The highest BCUT2D eigenvalue weighted by atomic mass is 16.5. The Balaban J connectivity index is 1.41. The Kier molecular flexibility index (Phi) is 6.00. The molecule has 0 aromatic heterocycles. The lowest BCUT2D eigenvalue weighted by Gasteiger charge is -2.22. The van der Waals surface area contributed by atoms with E-state index in [1.165, 1.54) is 44.3 Å². The van der Waals surface area contributed by atoms with Crippen LogP contribution < -0.4 is 10.1 Å². The highest BCUT2D eigenvalue weighted by molar-refractivity contribution is 5.80. The van der Waals surface area contributed by atoms with Crippen LogP contribution in [0.2, 0.25) is 0 Å². The van der Waals surface area contributed by atoms with Crippen LogP contribution in [-0.2, 0) is 6.42 Å². The average molecular weight is 329 g/mol. The van der Waals surface area contributed by atoms with E-state index in [4.69, 9.17) is 4.74 Å². The predicted molar refractivity (Wildman–Crippen MR) is 99.7 cm³/mol. The van der Waals surface area contributed by atoms with Crippen LogP contribution in [0.4, 0.5) is 0 Å². The molecule has 2 unspecified atom stereocenters. The molecule has 132 valence electrons. The lowest BCUT2D eigenvalue weighted by atomic mass is 9.82. The van der Waals surface area contributed by atoms with Crippen molar-refractivity contribution in [1.29, 1.82) is 0 Å². The third-order valence-electron chi connectivity index (χ3n) is 5.57. The molecule has 24 heavy (non-hydrogen) atoms. The highest BCUT2D eigenvalue weighted by Crippen LogP contribution is 2.35. The second-order valence-electron chi connectivity index (χ2n) is 7.14. The van der Waals surface area contributed by atoms with Crippen LogP contribution in [0.3, 0.4) is 0 Å². The molecule has 2 fully saturated rings. The fraction of sp³-hybridized carbons (Fsp3) is 0.650. The number of methoxy groups -OCH3 is 1. The van der Waals surface area contributed by atoms with E-state index < -0.39 is 0 Å². The summed E-state index contributed by atoms with van der Waals surface area (Å²) in [6.45, 7) is 3.37. The second kappa shape index (κ2) is 8.41. The summed E-state index contributed by atoms with van der Waals surface area (Å²) in [6.07, 6.45) is 7.86. The molecule has 4 heteroatoms. The van der Waals surface area contributed by atoms with Crippen molar-refractivity contribution >= 4 is 5.96 Å². The lowest BCUT2D eigenvalue weighted by molar-refractivity contribution is 0.299. The Morgan fingerprint density at radius 3 is 2.42 bits per heavy atom. The molecular formula is C20H31N3O. The van der Waals surface area contributed by atoms with Gasteiger partial charge in [0, 0.05) is 26.7 Å². The standard InChI is InChI=1S/C20H31N3O/c1-21-20(23-14-17-7-3-4-8-18(17)15-23)22-13-5-6-16-9-11-19(24-2)12-10-16/h9-12,17-18H,3-8,13-15H2,1-2H3,(H,21,22). The summed E-state index contributed by atoms with van der Waals surface area (Å²) in [5, 5.41) is 3.57. The lowest BCUT2D eigenvalue weighted by Crippen LogP contribution is -2.40. The zero-order chi connectivity index (χ0) is 16.8. The number of guanidine groups is 1. The van der Waals surface area contributed by atoms with Crippen molar-refractivity contribution in [1.82, 2.24) is 10.2 Å². The molecule has 0 spiro atoms. The first-order valence-electron chi connectivity index (χ1n) is 9.38. The molecule has 0 bridgehead atoms. The van der Waals surface area contributed by atoms with Gasteiger partial charge in [-0.15, -0.1) is 0 Å². The molecular weight excluding hydrogens is 298 g/mol. The van der Waals surface area contributed by atoms with Crippen molar-refractivity contribution < 1.29 is 4.74 Å². The summed E-state index contributed by atoms with van der Waals surface area (Å²) in [7, 11) is 3.62. The molecule has 1 saturated heterocycles. The first kappa shape index (κ1) is 17.1. The number of benzene rings is 1. The molecule has 3 rings (SSSR count).